The highest BCUT2D eigenvalue weighted by Gasteiger charge is 2.24. The van der Waals surface area contributed by atoms with Crippen LogP contribution in [0.5, 0.6) is 5.75 Å². The van der Waals surface area contributed by atoms with Gasteiger partial charge in [-0.1, -0.05) is 17.4 Å². The zero-order valence-corrected chi connectivity index (χ0v) is 17.9. The van der Waals surface area contributed by atoms with Crippen molar-refractivity contribution in [2.24, 2.45) is 0 Å². The largest absolute Gasteiger partial charge is 0.492 e. The predicted molar refractivity (Wildman–Crippen MR) is 109 cm³/mol. The van der Waals surface area contributed by atoms with Crippen molar-refractivity contribution in [3.8, 4) is 5.75 Å². The number of aromatic nitrogens is 1. The zero-order chi connectivity index (χ0) is 20.2. The summed E-state index contributed by atoms with van der Waals surface area (Å²) in [5.74, 6) is 0.354. The van der Waals surface area contributed by atoms with Gasteiger partial charge in [0, 0.05) is 20.1 Å². The quantitative estimate of drug-likeness (QED) is 0.618. The molecule has 1 aromatic carbocycles. The highest BCUT2D eigenvalue weighted by atomic mass is 32.2. The number of hydrogen-bond acceptors (Lipinski definition) is 7. The maximum atomic E-state index is 12.8. The molecule has 0 fully saturated rings. The molecular formula is C17H26N4O4S2. The van der Waals surface area contributed by atoms with Gasteiger partial charge < -0.3 is 9.64 Å². The number of rotatable bonds is 9. The molecule has 0 aliphatic heterocycles. The average molecular weight is 415 g/mol. The molecule has 0 aliphatic rings. The number of likely N-dealkylation sites (N-methyl/N-ethyl adjacent to an activating group) is 2. The van der Waals surface area contributed by atoms with Crippen molar-refractivity contribution in [1.29, 1.82) is 0 Å². The van der Waals surface area contributed by atoms with Crippen molar-refractivity contribution in [3.63, 3.8) is 0 Å². The number of ether oxygens (including phenoxy) is 1. The summed E-state index contributed by atoms with van der Waals surface area (Å²) in [7, 11) is 1.77. The standard InChI is InChI=1S/C17H26N4O4S2/c1-6-25-13-8-7-9-14-16(13)18-17(26-14)21(11-10-19(2)3)15(22)12-20(4)27(5,23)24/h7-9H,6,10-12H2,1-5H3. The number of benzene rings is 1. The molecular weight excluding hydrogens is 388 g/mol. The van der Waals surface area contributed by atoms with Crippen molar-refractivity contribution in [1.82, 2.24) is 14.2 Å². The van der Waals surface area contributed by atoms with Crippen LogP contribution in [0.4, 0.5) is 5.13 Å². The van der Waals surface area contributed by atoms with E-state index in [1.165, 1.54) is 18.4 Å². The lowest BCUT2D eigenvalue weighted by molar-refractivity contribution is -0.118. The van der Waals surface area contributed by atoms with Crippen molar-refractivity contribution in [2.75, 3.05) is 58.5 Å². The van der Waals surface area contributed by atoms with E-state index < -0.39 is 10.0 Å². The molecule has 2 rings (SSSR count). The summed E-state index contributed by atoms with van der Waals surface area (Å²) < 4.78 is 30.9. The second-order valence-corrected chi connectivity index (χ2v) is 9.50. The minimum Gasteiger partial charge on any atom is -0.492 e. The second kappa shape index (κ2) is 8.96. The third-order valence-electron chi connectivity index (χ3n) is 3.90. The molecule has 1 aromatic heterocycles. The van der Waals surface area contributed by atoms with Gasteiger partial charge in [-0.05, 0) is 33.2 Å². The van der Waals surface area contributed by atoms with E-state index in [1.807, 2.05) is 44.1 Å². The third kappa shape index (κ3) is 5.61. The summed E-state index contributed by atoms with van der Waals surface area (Å²) in [6.07, 6.45) is 1.08. The first-order valence-electron chi connectivity index (χ1n) is 8.52. The van der Waals surface area contributed by atoms with Crippen LogP contribution >= 0.6 is 11.3 Å². The number of anilines is 1. The molecule has 10 heteroatoms. The maximum absolute atomic E-state index is 12.8. The number of hydrogen-bond donors (Lipinski definition) is 0. The van der Waals surface area contributed by atoms with Gasteiger partial charge in [0.05, 0.1) is 24.1 Å². The molecule has 0 radical (unpaired) electrons. The van der Waals surface area contributed by atoms with E-state index in [0.717, 1.165) is 15.3 Å². The summed E-state index contributed by atoms with van der Waals surface area (Å²) >= 11 is 1.39. The lowest BCUT2D eigenvalue weighted by Gasteiger charge is -2.24. The molecule has 8 nitrogen and oxygen atoms in total. The molecule has 2 aromatic rings. The number of sulfonamides is 1. The number of thiazole rings is 1. The minimum atomic E-state index is -3.45. The Balaban J connectivity index is 2.37. The van der Waals surface area contributed by atoms with Crippen LogP contribution in [-0.2, 0) is 14.8 Å². The van der Waals surface area contributed by atoms with Gasteiger partial charge >= 0.3 is 0 Å². The van der Waals surface area contributed by atoms with E-state index in [1.54, 1.807) is 4.90 Å². The predicted octanol–water partition coefficient (Wildman–Crippen LogP) is 1.48. The highest BCUT2D eigenvalue weighted by molar-refractivity contribution is 7.88. The first-order chi connectivity index (χ1) is 12.6. The first-order valence-corrected chi connectivity index (χ1v) is 11.2. The van der Waals surface area contributed by atoms with Gasteiger partial charge in [-0.15, -0.1) is 0 Å². The summed E-state index contributed by atoms with van der Waals surface area (Å²) in [5, 5.41) is 0.533. The summed E-state index contributed by atoms with van der Waals surface area (Å²) in [5.41, 5.74) is 0.707. The van der Waals surface area contributed by atoms with Gasteiger partial charge in [0.1, 0.15) is 11.3 Å². The lowest BCUT2D eigenvalue weighted by Crippen LogP contribution is -2.43. The van der Waals surface area contributed by atoms with Crippen LogP contribution < -0.4 is 9.64 Å². The fourth-order valence-electron chi connectivity index (χ4n) is 2.32. The van der Waals surface area contributed by atoms with E-state index in [2.05, 4.69) is 4.98 Å². The molecule has 0 N–H and O–H groups in total. The Morgan fingerprint density at radius 3 is 2.52 bits per heavy atom. The van der Waals surface area contributed by atoms with E-state index in [9.17, 15) is 13.2 Å². The number of nitrogens with zero attached hydrogens (tertiary/aromatic N) is 4. The van der Waals surface area contributed by atoms with Crippen LogP contribution in [0.1, 0.15) is 6.92 Å². The monoisotopic (exact) mass is 414 g/mol. The van der Waals surface area contributed by atoms with E-state index in [0.29, 0.717) is 36.1 Å². The lowest BCUT2D eigenvalue weighted by atomic mass is 10.3. The molecule has 0 atom stereocenters. The van der Waals surface area contributed by atoms with Gasteiger partial charge in [0.25, 0.3) is 0 Å². The summed E-state index contributed by atoms with van der Waals surface area (Å²) in [4.78, 5) is 21.0. The van der Waals surface area contributed by atoms with E-state index in [4.69, 9.17) is 4.74 Å². The van der Waals surface area contributed by atoms with Gasteiger partial charge in [-0.2, -0.15) is 4.31 Å². The van der Waals surface area contributed by atoms with Crippen LogP contribution in [0, 0.1) is 0 Å². The Morgan fingerprint density at radius 2 is 1.93 bits per heavy atom. The molecule has 0 unspecified atom stereocenters. The van der Waals surface area contributed by atoms with Gasteiger partial charge in [0.15, 0.2) is 5.13 Å². The molecule has 1 amide bonds. The minimum absolute atomic E-state index is 0.236. The second-order valence-electron chi connectivity index (χ2n) is 6.40. The molecule has 27 heavy (non-hydrogen) atoms. The fourth-order valence-corrected chi connectivity index (χ4v) is 3.69. The average Bonchev–Trinajstić information content (AvgIpc) is 2.99. The topological polar surface area (TPSA) is 83.0 Å². The molecule has 0 bridgehead atoms. The van der Waals surface area contributed by atoms with Crippen LogP contribution in [-0.4, -0.2) is 82.2 Å². The van der Waals surface area contributed by atoms with Gasteiger partial charge in [-0.3, -0.25) is 9.69 Å². The first kappa shape index (κ1) is 21.5. The summed E-state index contributed by atoms with van der Waals surface area (Å²) in [6, 6.07) is 5.66. The van der Waals surface area contributed by atoms with E-state index in [-0.39, 0.29) is 12.5 Å². The molecule has 0 spiro atoms. The highest BCUT2D eigenvalue weighted by Crippen LogP contribution is 2.34. The Morgan fingerprint density at radius 1 is 1.22 bits per heavy atom. The Hall–Kier alpha value is -1.75. The normalized spacial score (nSPS) is 12.1. The fraction of sp³-hybridized carbons (Fsp3) is 0.529. The number of amides is 1. The maximum Gasteiger partial charge on any atom is 0.244 e. The molecule has 1 heterocycles. The molecule has 0 saturated carbocycles. The van der Waals surface area contributed by atoms with Crippen LogP contribution in [0.3, 0.4) is 0 Å². The number of carbonyl (C=O) groups is 1. The number of carbonyl (C=O) groups excluding carboxylic acids is 1. The Bertz CT molecular complexity index is 895. The van der Waals surface area contributed by atoms with Crippen molar-refractivity contribution < 1.29 is 17.9 Å². The Kier molecular flexibility index (Phi) is 7.15. The third-order valence-corrected chi connectivity index (χ3v) is 6.20. The summed E-state index contributed by atoms with van der Waals surface area (Å²) in [6.45, 7) is 3.23. The van der Waals surface area contributed by atoms with Crippen molar-refractivity contribution >= 4 is 42.6 Å². The van der Waals surface area contributed by atoms with Gasteiger partial charge in [-0.25, -0.2) is 13.4 Å². The van der Waals surface area contributed by atoms with E-state index >= 15 is 0 Å². The molecule has 0 saturated heterocycles. The Labute approximate surface area is 164 Å². The SMILES string of the molecule is CCOc1cccc2sc(N(CCN(C)C)C(=O)CN(C)S(C)(=O)=O)nc12. The zero-order valence-electron chi connectivity index (χ0n) is 16.3. The van der Waals surface area contributed by atoms with Crippen LogP contribution in [0.2, 0.25) is 0 Å². The molecule has 150 valence electrons. The van der Waals surface area contributed by atoms with Crippen LogP contribution in [0.15, 0.2) is 18.2 Å². The van der Waals surface area contributed by atoms with Crippen molar-refractivity contribution in [2.45, 2.75) is 6.92 Å². The van der Waals surface area contributed by atoms with Gasteiger partial charge in [0.2, 0.25) is 15.9 Å². The number of fused-ring (bicyclic) bond motifs is 1. The number of para-hydroxylation sites is 1. The van der Waals surface area contributed by atoms with Crippen LogP contribution in [0.25, 0.3) is 10.2 Å². The molecule has 0 aliphatic carbocycles. The smallest absolute Gasteiger partial charge is 0.244 e. The van der Waals surface area contributed by atoms with Crippen molar-refractivity contribution in [3.05, 3.63) is 18.2 Å².